The van der Waals surface area contributed by atoms with Gasteiger partial charge in [0.05, 0.1) is 0 Å². The van der Waals surface area contributed by atoms with Crippen LogP contribution in [0.2, 0.25) is 0 Å². The molecule has 1 N–H and O–H groups in total. The molecule has 1 aliphatic carbocycles. The van der Waals surface area contributed by atoms with Gasteiger partial charge in [-0.3, -0.25) is 4.79 Å². The molecule has 0 unspecified atom stereocenters. The van der Waals surface area contributed by atoms with Crippen LogP contribution in [-0.4, -0.2) is 45.4 Å². The quantitative estimate of drug-likeness (QED) is 0.903. The number of fused-ring (bicyclic) bond motifs is 1. The van der Waals surface area contributed by atoms with E-state index < -0.39 is 0 Å². The van der Waals surface area contributed by atoms with Gasteiger partial charge in [0.15, 0.2) is 11.5 Å². The first-order valence-electron chi connectivity index (χ1n) is 7.92. The van der Waals surface area contributed by atoms with Crippen LogP contribution < -0.4 is 10.2 Å². The normalized spacial score (nSPS) is 19.0. The Kier molecular flexibility index (Phi) is 3.20. The molecule has 0 atom stereocenters. The van der Waals surface area contributed by atoms with Crippen molar-refractivity contribution in [3.63, 3.8) is 0 Å². The van der Waals surface area contributed by atoms with Crippen LogP contribution in [-0.2, 0) is 4.79 Å². The van der Waals surface area contributed by atoms with Gasteiger partial charge >= 0.3 is 0 Å². The average molecular weight is 300 g/mol. The van der Waals surface area contributed by atoms with Gasteiger partial charge < -0.3 is 10.2 Å². The lowest BCUT2D eigenvalue weighted by Crippen LogP contribution is -2.52. The molecule has 0 aromatic carbocycles. The number of nitrogens with zero attached hydrogens (tertiary/aromatic N) is 5. The summed E-state index contributed by atoms with van der Waals surface area (Å²) in [5.41, 5.74) is 0.770. The highest BCUT2D eigenvalue weighted by Crippen LogP contribution is 2.27. The van der Waals surface area contributed by atoms with Gasteiger partial charge in [-0.05, 0) is 31.9 Å². The second kappa shape index (κ2) is 5.23. The summed E-state index contributed by atoms with van der Waals surface area (Å²) in [7, 11) is 0. The van der Waals surface area contributed by atoms with Crippen molar-refractivity contribution in [3.8, 4) is 0 Å². The molecule has 7 heteroatoms. The molecule has 22 heavy (non-hydrogen) atoms. The van der Waals surface area contributed by atoms with Gasteiger partial charge in [-0.15, -0.1) is 15.3 Å². The monoisotopic (exact) mass is 300 g/mol. The lowest BCUT2D eigenvalue weighted by molar-refractivity contribution is -0.127. The summed E-state index contributed by atoms with van der Waals surface area (Å²) >= 11 is 0. The van der Waals surface area contributed by atoms with E-state index in [0.29, 0.717) is 5.92 Å². The minimum Gasteiger partial charge on any atom is -0.355 e. The largest absolute Gasteiger partial charge is 0.355 e. The van der Waals surface area contributed by atoms with E-state index in [0.717, 1.165) is 49.8 Å². The van der Waals surface area contributed by atoms with Crippen LogP contribution in [0.25, 0.3) is 5.65 Å². The molecule has 1 amide bonds. The van der Waals surface area contributed by atoms with Crippen LogP contribution >= 0.6 is 0 Å². The maximum absolute atomic E-state index is 11.8. The van der Waals surface area contributed by atoms with Crippen LogP contribution in [0.1, 0.15) is 25.1 Å². The fourth-order valence-corrected chi connectivity index (χ4v) is 3.00. The van der Waals surface area contributed by atoms with E-state index >= 15 is 0 Å². The summed E-state index contributed by atoms with van der Waals surface area (Å²) in [6.45, 7) is 4.54. The summed E-state index contributed by atoms with van der Waals surface area (Å²) in [5.74, 6) is 2.77. The Morgan fingerprint density at radius 2 is 2.14 bits per heavy atom. The van der Waals surface area contributed by atoms with E-state index in [1.165, 1.54) is 6.42 Å². The first kappa shape index (κ1) is 13.5. The molecule has 0 radical (unpaired) electrons. The molecule has 2 fully saturated rings. The van der Waals surface area contributed by atoms with Gasteiger partial charge in [-0.1, -0.05) is 6.42 Å². The average Bonchev–Trinajstić information content (AvgIpc) is 2.76. The van der Waals surface area contributed by atoms with Gasteiger partial charge in [0, 0.05) is 31.5 Å². The molecular weight excluding hydrogens is 280 g/mol. The number of nitrogens with one attached hydrogen (secondary N) is 1. The standard InChI is InChI=1S/C15H20N6O/c1-10-17-18-13-5-6-14(19-21(10)13)20-8-11(9-20)7-16-15(22)12-3-2-4-12/h5-6,11-12H,2-4,7-9H2,1H3,(H,16,22). The summed E-state index contributed by atoms with van der Waals surface area (Å²) < 4.78 is 1.76. The van der Waals surface area contributed by atoms with Crippen molar-refractivity contribution < 1.29 is 4.79 Å². The van der Waals surface area contributed by atoms with Gasteiger partial charge in [0.1, 0.15) is 5.82 Å². The minimum atomic E-state index is 0.240. The van der Waals surface area contributed by atoms with E-state index in [4.69, 9.17) is 0 Å². The van der Waals surface area contributed by atoms with Gasteiger partial charge in [-0.25, -0.2) is 0 Å². The zero-order chi connectivity index (χ0) is 15.1. The Morgan fingerprint density at radius 3 is 2.86 bits per heavy atom. The number of amides is 1. The van der Waals surface area contributed by atoms with E-state index in [-0.39, 0.29) is 11.8 Å². The molecule has 0 spiro atoms. The van der Waals surface area contributed by atoms with E-state index in [9.17, 15) is 4.79 Å². The summed E-state index contributed by atoms with van der Waals surface area (Å²) in [6.07, 6.45) is 3.32. The molecule has 1 saturated carbocycles. The zero-order valence-corrected chi connectivity index (χ0v) is 12.7. The number of carbonyl (C=O) groups excluding carboxylic acids is 1. The predicted molar refractivity (Wildman–Crippen MR) is 81.6 cm³/mol. The van der Waals surface area contributed by atoms with Crippen LogP contribution in [0.3, 0.4) is 0 Å². The molecule has 7 nitrogen and oxygen atoms in total. The van der Waals surface area contributed by atoms with Crippen molar-refractivity contribution in [2.24, 2.45) is 11.8 Å². The minimum absolute atomic E-state index is 0.240. The van der Waals surface area contributed by atoms with Crippen LogP contribution in [0.15, 0.2) is 12.1 Å². The number of anilines is 1. The molecule has 1 aliphatic heterocycles. The first-order valence-corrected chi connectivity index (χ1v) is 7.92. The fraction of sp³-hybridized carbons (Fsp3) is 0.600. The molecule has 1 saturated heterocycles. The molecular formula is C15H20N6O. The predicted octanol–water partition coefficient (Wildman–Crippen LogP) is 0.785. The van der Waals surface area contributed by atoms with E-state index in [1.807, 2.05) is 19.1 Å². The topological polar surface area (TPSA) is 75.4 Å². The molecule has 2 aliphatic rings. The van der Waals surface area contributed by atoms with E-state index in [1.54, 1.807) is 4.52 Å². The lowest BCUT2D eigenvalue weighted by Gasteiger charge is -2.40. The van der Waals surface area contributed by atoms with Gasteiger partial charge in [0.25, 0.3) is 0 Å². The highest BCUT2D eigenvalue weighted by atomic mass is 16.1. The Bertz CT molecular complexity index is 701. The number of aryl methyl sites for hydroxylation is 1. The van der Waals surface area contributed by atoms with Crippen LogP contribution in [0.4, 0.5) is 5.82 Å². The molecule has 2 aromatic rings. The summed E-state index contributed by atoms with van der Waals surface area (Å²) in [4.78, 5) is 14.0. The van der Waals surface area contributed by atoms with Crippen LogP contribution in [0.5, 0.6) is 0 Å². The van der Waals surface area contributed by atoms with Crippen molar-refractivity contribution >= 4 is 17.4 Å². The highest BCUT2D eigenvalue weighted by molar-refractivity contribution is 5.79. The number of aromatic nitrogens is 4. The summed E-state index contributed by atoms with van der Waals surface area (Å²) in [6, 6.07) is 3.92. The number of hydrogen-bond acceptors (Lipinski definition) is 5. The SMILES string of the molecule is Cc1nnc2ccc(N3CC(CNC(=O)C4CCC4)C3)nn12. The Morgan fingerprint density at radius 1 is 1.32 bits per heavy atom. The Hall–Kier alpha value is -2.18. The fourth-order valence-electron chi connectivity index (χ4n) is 3.00. The third-order valence-electron chi connectivity index (χ3n) is 4.73. The maximum atomic E-state index is 11.8. The Balaban J connectivity index is 1.32. The molecule has 116 valence electrons. The van der Waals surface area contributed by atoms with Crippen molar-refractivity contribution in [1.82, 2.24) is 25.1 Å². The van der Waals surface area contributed by atoms with Gasteiger partial charge in [0.2, 0.25) is 5.91 Å². The van der Waals surface area contributed by atoms with Crippen molar-refractivity contribution in [2.45, 2.75) is 26.2 Å². The molecule has 2 aromatic heterocycles. The smallest absolute Gasteiger partial charge is 0.223 e. The second-order valence-corrected chi connectivity index (χ2v) is 6.35. The summed E-state index contributed by atoms with van der Waals surface area (Å²) in [5, 5.41) is 15.7. The number of hydrogen-bond donors (Lipinski definition) is 1. The third-order valence-corrected chi connectivity index (χ3v) is 4.73. The van der Waals surface area contributed by atoms with E-state index in [2.05, 4.69) is 25.5 Å². The zero-order valence-electron chi connectivity index (χ0n) is 12.7. The maximum Gasteiger partial charge on any atom is 0.223 e. The third kappa shape index (κ3) is 2.30. The number of rotatable bonds is 4. The second-order valence-electron chi connectivity index (χ2n) is 6.35. The Labute approximate surface area is 128 Å². The number of carbonyl (C=O) groups is 1. The molecule has 0 bridgehead atoms. The van der Waals surface area contributed by atoms with Crippen molar-refractivity contribution in [2.75, 3.05) is 24.5 Å². The van der Waals surface area contributed by atoms with Crippen molar-refractivity contribution in [3.05, 3.63) is 18.0 Å². The first-order chi connectivity index (χ1) is 10.7. The molecule has 4 rings (SSSR count). The molecule has 3 heterocycles. The van der Waals surface area contributed by atoms with Crippen LogP contribution in [0, 0.1) is 18.8 Å². The highest BCUT2D eigenvalue weighted by Gasteiger charge is 2.30. The van der Waals surface area contributed by atoms with Crippen molar-refractivity contribution in [1.29, 1.82) is 0 Å². The van der Waals surface area contributed by atoms with Gasteiger partial charge in [-0.2, -0.15) is 4.52 Å². The lowest BCUT2D eigenvalue weighted by atomic mass is 9.84.